The van der Waals surface area contributed by atoms with Gasteiger partial charge in [-0.2, -0.15) is 0 Å². The molecule has 0 radical (unpaired) electrons. The van der Waals surface area contributed by atoms with Crippen LogP contribution in [0.3, 0.4) is 0 Å². The van der Waals surface area contributed by atoms with Crippen LogP contribution in [0.1, 0.15) is 96.8 Å². The number of phosphoric ester groups is 1. The van der Waals surface area contributed by atoms with Gasteiger partial charge in [-0.1, -0.05) is 84.0 Å². The Labute approximate surface area is 201 Å². The fourth-order valence-corrected chi connectivity index (χ4v) is 4.52. The lowest BCUT2D eigenvalue weighted by Gasteiger charge is -2.29. The lowest BCUT2D eigenvalue weighted by Crippen LogP contribution is -2.45. The van der Waals surface area contributed by atoms with Gasteiger partial charge in [-0.05, 0) is 6.42 Å². The third-order valence-electron chi connectivity index (χ3n) is 5.50. The minimum absolute atomic E-state index is 0.216. The van der Waals surface area contributed by atoms with Gasteiger partial charge in [-0.25, -0.2) is 4.57 Å². The molecule has 198 valence electrons. The Balaban J connectivity index is 4.16. The van der Waals surface area contributed by atoms with E-state index in [-0.39, 0.29) is 12.3 Å². The van der Waals surface area contributed by atoms with Crippen LogP contribution in [0.25, 0.3) is 0 Å². The number of rotatable bonds is 23. The van der Waals surface area contributed by atoms with E-state index in [1.54, 1.807) is 0 Å². The van der Waals surface area contributed by atoms with Crippen LogP contribution in [0.15, 0.2) is 0 Å². The molecule has 3 atom stereocenters. The molecular formula is C24H51NO7P+. The van der Waals surface area contributed by atoms with E-state index in [0.717, 1.165) is 19.3 Å². The summed E-state index contributed by atoms with van der Waals surface area (Å²) in [5.41, 5.74) is 0. The van der Waals surface area contributed by atoms with Crippen LogP contribution in [0.2, 0.25) is 0 Å². The fourth-order valence-electron chi connectivity index (χ4n) is 3.59. The summed E-state index contributed by atoms with van der Waals surface area (Å²) in [7, 11) is 1.08. The Hall–Kier alpha value is -0.340. The molecule has 0 bridgehead atoms. The number of unbranched alkanes of at least 4 members (excludes halogenated alkanes) is 12. The van der Waals surface area contributed by atoms with Gasteiger partial charge in [-0.3, -0.25) is 13.8 Å². The fraction of sp³-hybridized carbons (Fsp3) is 0.958. The van der Waals surface area contributed by atoms with Crippen LogP contribution < -0.4 is 0 Å². The van der Waals surface area contributed by atoms with E-state index in [9.17, 15) is 19.4 Å². The molecule has 0 aromatic heterocycles. The van der Waals surface area contributed by atoms with Crippen LogP contribution in [-0.2, 0) is 18.4 Å². The SMILES string of the molecule is CCCCCCCCCCCCCCCC(=O)C(C[N+](C)(C)C)OP(=O)(O)OC[C@H](O)CO. The molecule has 0 aromatic carbocycles. The molecule has 8 nitrogen and oxygen atoms in total. The molecule has 0 spiro atoms. The number of hydrogen-bond acceptors (Lipinski definition) is 6. The van der Waals surface area contributed by atoms with Crippen molar-refractivity contribution in [1.29, 1.82) is 0 Å². The molecule has 3 N–H and O–H groups in total. The second-order valence-electron chi connectivity index (χ2n) is 10.1. The zero-order valence-corrected chi connectivity index (χ0v) is 22.4. The van der Waals surface area contributed by atoms with Gasteiger partial charge in [0.2, 0.25) is 0 Å². The molecule has 0 rings (SSSR count). The highest BCUT2D eigenvalue weighted by atomic mass is 31.2. The molecule has 0 aliphatic rings. The van der Waals surface area contributed by atoms with Crippen molar-refractivity contribution in [2.24, 2.45) is 0 Å². The number of phosphoric acid groups is 1. The Morgan fingerprint density at radius 2 is 1.33 bits per heavy atom. The third kappa shape index (κ3) is 20.7. The monoisotopic (exact) mass is 496 g/mol. The smallest absolute Gasteiger partial charge is 0.394 e. The zero-order valence-electron chi connectivity index (χ0n) is 21.5. The standard InChI is InChI=1S/C24H50NO7P/c1-5-6-7-8-9-10-11-12-13-14-15-16-17-18-23(28)24(19-25(2,3)4)32-33(29,30)31-21-22(27)20-26/h22,24,26-27H,5-21H2,1-4H3/p+1/t22-,24?/m1/s1. The maximum Gasteiger partial charge on any atom is 0.473 e. The van der Waals surface area contributed by atoms with E-state index < -0.39 is 33.2 Å². The minimum atomic E-state index is -4.53. The highest BCUT2D eigenvalue weighted by Gasteiger charge is 2.34. The second-order valence-corrected chi connectivity index (χ2v) is 11.5. The first-order valence-corrected chi connectivity index (χ1v) is 14.3. The van der Waals surface area contributed by atoms with Gasteiger partial charge >= 0.3 is 7.82 Å². The quantitative estimate of drug-likeness (QED) is 0.108. The van der Waals surface area contributed by atoms with Gasteiger partial charge in [0.05, 0.1) is 34.4 Å². The number of aliphatic hydroxyl groups is 2. The van der Waals surface area contributed by atoms with Gasteiger partial charge < -0.3 is 19.6 Å². The van der Waals surface area contributed by atoms with E-state index in [4.69, 9.17) is 14.2 Å². The van der Waals surface area contributed by atoms with Crippen LogP contribution in [0.5, 0.6) is 0 Å². The number of Topliss-reactive ketones (excluding diaryl/α,β-unsaturated/α-hetero) is 1. The van der Waals surface area contributed by atoms with Crippen LogP contribution in [0.4, 0.5) is 0 Å². The topological polar surface area (TPSA) is 113 Å². The average Bonchev–Trinajstić information content (AvgIpc) is 2.73. The molecule has 0 aliphatic heterocycles. The van der Waals surface area contributed by atoms with Gasteiger partial charge in [-0.15, -0.1) is 0 Å². The summed E-state index contributed by atoms with van der Waals surface area (Å²) in [5.74, 6) is -0.216. The summed E-state index contributed by atoms with van der Waals surface area (Å²) in [5, 5.41) is 18.1. The first-order chi connectivity index (χ1) is 15.5. The number of hydrogen-bond donors (Lipinski definition) is 3. The molecular weight excluding hydrogens is 445 g/mol. The van der Waals surface area contributed by atoms with Crippen molar-refractivity contribution >= 4 is 13.6 Å². The predicted molar refractivity (Wildman–Crippen MR) is 132 cm³/mol. The highest BCUT2D eigenvalue weighted by molar-refractivity contribution is 7.47. The lowest BCUT2D eigenvalue weighted by atomic mass is 10.0. The van der Waals surface area contributed by atoms with Crippen LogP contribution in [0, 0.1) is 0 Å². The summed E-state index contributed by atoms with van der Waals surface area (Å²) in [4.78, 5) is 22.6. The molecule has 0 aromatic rings. The lowest BCUT2D eigenvalue weighted by molar-refractivity contribution is -0.872. The number of carbonyl (C=O) groups excluding carboxylic acids is 1. The molecule has 33 heavy (non-hydrogen) atoms. The summed E-state index contributed by atoms with van der Waals surface area (Å²) in [6, 6.07) is 0. The van der Waals surface area contributed by atoms with E-state index in [2.05, 4.69) is 6.92 Å². The van der Waals surface area contributed by atoms with Crippen LogP contribution >= 0.6 is 7.82 Å². The van der Waals surface area contributed by atoms with Gasteiger partial charge in [0.15, 0.2) is 11.9 Å². The molecule has 0 saturated heterocycles. The van der Waals surface area contributed by atoms with E-state index in [1.165, 1.54) is 64.2 Å². The number of likely N-dealkylation sites (N-methyl/N-ethyl adjacent to an activating group) is 1. The Bertz CT molecular complexity index is 539. The predicted octanol–water partition coefficient (Wildman–Crippen LogP) is 4.60. The van der Waals surface area contributed by atoms with E-state index in [0.29, 0.717) is 10.9 Å². The largest absolute Gasteiger partial charge is 0.473 e. The summed E-state index contributed by atoms with van der Waals surface area (Å²) in [6.07, 6.45) is 13.8. The van der Waals surface area contributed by atoms with Crippen molar-refractivity contribution < 1.29 is 38.0 Å². The third-order valence-corrected chi connectivity index (χ3v) is 6.50. The summed E-state index contributed by atoms with van der Waals surface area (Å²) in [6.45, 7) is 1.33. The number of aliphatic hydroxyl groups excluding tert-OH is 2. The molecule has 2 unspecified atom stereocenters. The van der Waals surface area contributed by atoms with Crippen molar-refractivity contribution in [2.45, 2.75) is 109 Å². The van der Waals surface area contributed by atoms with Gasteiger partial charge in [0.25, 0.3) is 0 Å². The Kier molecular flexibility index (Phi) is 18.7. The minimum Gasteiger partial charge on any atom is -0.394 e. The second kappa shape index (κ2) is 18.9. The molecule has 0 heterocycles. The maximum atomic E-state index is 12.7. The molecule has 0 amide bonds. The summed E-state index contributed by atoms with van der Waals surface area (Å²) >= 11 is 0. The van der Waals surface area contributed by atoms with Crippen LogP contribution in [-0.4, -0.2) is 78.5 Å². The van der Waals surface area contributed by atoms with Crippen molar-refractivity contribution in [3.63, 3.8) is 0 Å². The molecule has 9 heteroatoms. The molecule has 0 saturated carbocycles. The first kappa shape index (κ1) is 32.7. The van der Waals surface area contributed by atoms with Crippen molar-refractivity contribution in [3.05, 3.63) is 0 Å². The Morgan fingerprint density at radius 3 is 1.76 bits per heavy atom. The van der Waals surface area contributed by atoms with Crippen molar-refractivity contribution in [3.8, 4) is 0 Å². The number of ketones is 1. The van der Waals surface area contributed by atoms with E-state index in [1.807, 2.05) is 21.1 Å². The van der Waals surface area contributed by atoms with Crippen molar-refractivity contribution in [2.75, 3.05) is 40.9 Å². The number of quaternary nitrogens is 1. The van der Waals surface area contributed by atoms with Crippen molar-refractivity contribution in [1.82, 2.24) is 0 Å². The first-order valence-electron chi connectivity index (χ1n) is 12.8. The highest BCUT2D eigenvalue weighted by Crippen LogP contribution is 2.45. The maximum absolute atomic E-state index is 12.7. The average molecular weight is 497 g/mol. The molecule has 0 aliphatic carbocycles. The normalized spacial score (nSPS) is 15.8. The number of nitrogens with zero attached hydrogens (tertiary/aromatic N) is 1. The molecule has 0 fully saturated rings. The van der Waals surface area contributed by atoms with E-state index >= 15 is 0 Å². The number of carbonyl (C=O) groups is 1. The van der Waals surface area contributed by atoms with Gasteiger partial charge in [0, 0.05) is 6.42 Å². The Morgan fingerprint density at radius 1 is 0.879 bits per heavy atom. The zero-order chi connectivity index (χ0) is 25.2. The summed E-state index contributed by atoms with van der Waals surface area (Å²) < 4.78 is 22.5. The van der Waals surface area contributed by atoms with Gasteiger partial charge in [0.1, 0.15) is 12.6 Å².